The van der Waals surface area contributed by atoms with Crippen molar-refractivity contribution >= 4 is 22.8 Å². The van der Waals surface area contributed by atoms with Gasteiger partial charge in [0, 0.05) is 48.0 Å². The highest BCUT2D eigenvalue weighted by atomic mass is 16.5. The minimum absolute atomic E-state index is 0.0744. The van der Waals surface area contributed by atoms with Crippen LogP contribution in [0.25, 0.3) is 11.0 Å². The molecule has 0 aliphatic heterocycles. The molecule has 0 atom stereocenters. The average Bonchev–Trinajstić information content (AvgIpc) is 3.46. The van der Waals surface area contributed by atoms with E-state index >= 15 is 0 Å². The van der Waals surface area contributed by atoms with Crippen molar-refractivity contribution in [1.29, 1.82) is 0 Å². The molecule has 1 aliphatic carbocycles. The van der Waals surface area contributed by atoms with Crippen molar-refractivity contribution in [2.24, 2.45) is 5.41 Å². The molecule has 0 bridgehead atoms. The summed E-state index contributed by atoms with van der Waals surface area (Å²) in [6.07, 6.45) is 8.61. The maximum atomic E-state index is 13.4. The molecule has 2 amide bonds. The molecule has 34 heavy (non-hydrogen) atoms. The fourth-order valence-electron chi connectivity index (χ4n) is 4.11. The van der Waals surface area contributed by atoms with E-state index in [-0.39, 0.29) is 18.1 Å². The lowest BCUT2D eigenvalue weighted by molar-refractivity contribution is 0.154. The Kier molecular flexibility index (Phi) is 7.57. The average molecular weight is 467 g/mol. The summed E-state index contributed by atoms with van der Waals surface area (Å²) in [5.74, 6) is 1.25. The van der Waals surface area contributed by atoms with Crippen LogP contribution in [0.2, 0.25) is 0 Å². The Morgan fingerprint density at radius 1 is 1.24 bits per heavy atom. The van der Waals surface area contributed by atoms with Crippen molar-refractivity contribution in [2.45, 2.75) is 45.6 Å². The lowest BCUT2D eigenvalue weighted by atomic mass is 10.1. The van der Waals surface area contributed by atoms with Crippen molar-refractivity contribution in [3.8, 4) is 11.5 Å². The fraction of sp³-hybridized carbons (Fsp3) is 0.462. The van der Waals surface area contributed by atoms with Crippen molar-refractivity contribution in [3.63, 3.8) is 0 Å². The Balaban J connectivity index is 1.51. The number of carbonyl (C=O) groups excluding carboxylic acids is 1. The van der Waals surface area contributed by atoms with Crippen LogP contribution in [0.3, 0.4) is 0 Å². The Bertz CT molecular complexity index is 1110. The minimum atomic E-state index is -0.220. The summed E-state index contributed by atoms with van der Waals surface area (Å²) in [6.45, 7) is 3.73. The number of aliphatic hydroxyl groups is 1. The molecular formula is C26H34N4O4. The van der Waals surface area contributed by atoms with Gasteiger partial charge in [-0.1, -0.05) is 19.8 Å². The van der Waals surface area contributed by atoms with Gasteiger partial charge in [-0.15, -0.1) is 0 Å². The quantitative estimate of drug-likeness (QED) is 0.328. The van der Waals surface area contributed by atoms with Gasteiger partial charge in [0.1, 0.15) is 5.65 Å². The number of aromatic nitrogens is 2. The standard InChI is InChI=1S/C26H34N4O4/c1-3-4-5-14-34-23-15-20(6-7-22(23)33-2)29-25(32)30(17-26(18-31)10-11-26)16-19-8-12-27-24-21(19)9-13-28-24/h6-9,12-13,15,31H,3-5,10-11,14,16-18H2,1-2H3,(H,27,28)(H,29,32). The number of anilines is 1. The summed E-state index contributed by atoms with van der Waals surface area (Å²) in [5.41, 5.74) is 2.22. The van der Waals surface area contributed by atoms with E-state index in [2.05, 4.69) is 22.2 Å². The van der Waals surface area contributed by atoms with Crippen LogP contribution in [-0.4, -0.2) is 52.9 Å². The van der Waals surface area contributed by atoms with Crippen LogP contribution in [0.15, 0.2) is 42.7 Å². The van der Waals surface area contributed by atoms with E-state index < -0.39 is 0 Å². The maximum Gasteiger partial charge on any atom is 0.322 e. The summed E-state index contributed by atoms with van der Waals surface area (Å²) >= 11 is 0. The van der Waals surface area contributed by atoms with Gasteiger partial charge in [-0.05, 0) is 49.1 Å². The first-order chi connectivity index (χ1) is 16.6. The molecule has 2 aromatic heterocycles. The van der Waals surface area contributed by atoms with Crippen molar-refractivity contribution < 1.29 is 19.4 Å². The molecule has 2 heterocycles. The second-order valence-electron chi connectivity index (χ2n) is 9.08. The molecule has 3 N–H and O–H groups in total. The summed E-state index contributed by atoms with van der Waals surface area (Å²) in [4.78, 5) is 22.7. The molecule has 0 saturated heterocycles. The number of nitrogens with zero attached hydrogens (tertiary/aromatic N) is 2. The summed E-state index contributed by atoms with van der Waals surface area (Å²) < 4.78 is 11.3. The Hall–Kier alpha value is -3.26. The van der Waals surface area contributed by atoms with Crippen LogP contribution in [0.4, 0.5) is 10.5 Å². The van der Waals surface area contributed by atoms with Gasteiger partial charge >= 0.3 is 6.03 Å². The zero-order chi connectivity index (χ0) is 24.0. The highest BCUT2D eigenvalue weighted by Crippen LogP contribution is 2.46. The van der Waals surface area contributed by atoms with Gasteiger partial charge in [0.15, 0.2) is 11.5 Å². The highest BCUT2D eigenvalue weighted by molar-refractivity contribution is 5.90. The Labute approximate surface area is 200 Å². The third-order valence-electron chi connectivity index (χ3n) is 6.44. The van der Waals surface area contributed by atoms with Crippen LogP contribution in [0.1, 0.15) is 44.6 Å². The molecular weight excluding hydrogens is 432 g/mol. The number of fused-ring (bicyclic) bond motifs is 1. The second kappa shape index (κ2) is 10.8. The molecule has 1 saturated carbocycles. The number of hydrogen-bond acceptors (Lipinski definition) is 5. The van der Waals surface area contributed by atoms with E-state index in [9.17, 15) is 9.90 Å². The number of amides is 2. The molecule has 0 spiro atoms. The van der Waals surface area contributed by atoms with Gasteiger partial charge in [0.2, 0.25) is 0 Å². The molecule has 182 valence electrons. The van der Waals surface area contributed by atoms with Gasteiger partial charge in [-0.2, -0.15) is 0 Å². The Morgan fingerprint density at radius 2 is 2.09 bits per heavy atom. The molecule has 1 aromatic carbocycles. The lowest BCUT2D eigenvalue weighted by Crippen LogP contribution is -2.39. The molecule has 3 aromatic rings. The summed E-state index contributed by atoms with van der Waals surface area (Å²) in [7, 11) is 1.61. The first-order valence-electron chi connectivity index (χ1n) is 12.0. The number of unbranched alkanes of at least 4 members (excludes halogenated alkanes) is 2. The molecule has 8 nitrogen and oxygen atoms in total. The minimum Gasteiger partial charge on any atom is -0.493 e. The number of methoxy groups -OCH3 is 1. The van der Waals surface area contributed by atoms with Crippen LogP contribution >= 0.6 is 0 Å². The molecule has 1 aliphatic rings. The van der Waals surface area contributed by atoms with Crippen molar-refractivity contribution in [1.82, 2.24) is 14.9 Å². The number of urea groups is 1. The highest BCUT2D eigenvalue weighted by Gasteiger charge is 2.44. The normalized spacial score (nSPS) is 14.1. The second-order valence-corrected chi connectivity index (χ2v) is 9.08. The van der Waals surface area contributed by atoms with Crippen LogP contribution < -0.4 is 14.8 Å². The van der Waals surface area contributed by atoms with Gasteiger partial charge in [0.05, 0.1) is 20.3 Å². The Morgan fingerprint density at radius 3 is 2.82 bits per heavy atom. The topological polar surface area (TPSA) is 99.7 Å². The van der Waals surface area contributed by atoms with E-state index in [0.29, 0.717) is 36.9 Å². The number of hydrogen-bond donors (Lipinski definition) is 3. The molecule has 4 rings (SSSR count). The van der Waals surface area contributed by atoms with Gasteiger partial charge in [-0.3, -0.25) is 0 Å². The van der Waals surface area contributed by atoms with E-state index in [1.54, 1.807) is 30.3 Å². The number of carbonyl (C=O) groups is 1. The molecule has 1 fully saturated rings. The molecule has 8 heteroatoms. The van der Waals surface area contributed by atoms with E-state index in [4.69, 9.17) is 9.47 Å². The van der Waals surface area contributed by atoms with Crippen LogP contribution in [-0.2, 0) is 6.54 Å². The zero-order valence-electron chi connectivity index (χ0n) is 20.0. The summed E-state index contributed by atoms with van der Waals surface area (Å²) in [5, 5.41) is 13.9. The van der Waals surface area contributed by atoms with E-state index in [1.165, 1.54) is 0 Å². The van der Waals surface area contributed by atoms with Crippen molar-refractivity contribution in [2.75, 3.05) is 32.2 Å². The number of benzene rings is 1. The monoisotopic (exact) mass is 466 g/mol. The smallest absolute Gasteiger partial charge is 0.322 e. The van der Waals surface area contributed by atoms with E-state index in [0.717, 1.165) is 48.7 Å². The molecule has 0 unspecified atom stereocenters. The number of H-pyrrole nitrogens is 1. The third-order valence-corrected chi connectivity index (χ3v) is 6.44. The van der Waals surface area contributed by atoms with Gasteiger partial charge in [0.25, 0.3) is 0 Å². The summed E-state index contributed by atoms with van der Waals surface area (Å²) in [6, 6.07) is 9.10. The maximum absolute atomic E-state index is 13.4. The fourth-order valence-corrected chi connectivity index (χ4v) is 4.11. The zero-order valence-corrected chi connectivity index (χ0v) is 20.0. The van der Waals surface area contributed by atoms with Crippen LogP contribution in [0, 0.1) is 5.41 Å². The molecule has 0 radical (unpaired) electrons. The first-order valence-corrected chi connectivity index (χ1v) is 12.0. The SMILES string of the molecule is CCCCCOc1cc(NC(=O)N(Cc2ccnc3[nH]ccc23)CC2(CO)CC2)ccc1OC. The first kappa shape index (κ1) is 23.9. The number of ether oxygens (including phenoxy) is 2. The largest absolute Gasteiger partial charge is 0.493 e. The predicted octanol–water partition coefficient (Wildman–Crippen LogP) is 4.95. The number of pyridine rings is 1. The van der Waals surface area contributed by atoms with Gasteiger partial charge in [-0.25, -0.2) is 9.78 Å². The lowest BCUT2D eigenvalue weighted by Gasteiger charge is -2.27. The number of aliphatic hydroxyl groups excluding tert-OH is 1. The number of aromatic amines is 1. The van der Waals surface area contributed by atoms with Crippen molar-refractivity contribution in [3.05, 3.63) is 48.3 Å². The number of rotatable bonds is 12. The number of nitrogens with one attached hydrogen (secondary N) is 2. The van der Waals surface area contributed by atoms with Gasteiger partial charge < -0.3 is 29.8 Å². The van der Waals surface area contributed by atoms with Crippen LogP contribution in [0.5, 0.6) is 11.5 Å². The van der Waals surface area contributed by atoms with E-state index in [1.807, 2.05) is 24.4 Å². The predicted molar refractivity (Wildman–Crippen MR) is 132 cm³/mol. The third kappa shape index (κ3) is 5.62.